The number of cyclic esters (lactones) is 1. The highest BCUT2D eigenvalue weighted by Crippen LogP contribution is 2.47. The maximum absolute atomic E-state index is 13.0. The van der Waals surface area contributed by atoms with Gasteiger partial charge in [0.25, 0.3) is 0 Å². The highest BCUT2D eigenvalue weighted by atomic mass is 16.7. The van der Waals surface area contributed by atoms with Gasteiger partial charge >= 0.3 is 11.9 Å². The van der Waals surface area contributed by atoms with Crippen LogP contribution in [-0.4, -0.2) is 70.8 Å². The van der Waals surface area contributed by atoms with Gasteiger partial charge in [-0.25, -0.2) is 9.59 Å². The van der Waals surface area contributed by atoms with Crippen molar-refractivity contribution in [3.8, 4) is 0 Å². The fraction of sp³-hybridized carbons (Fsp3) is 0.778. The van der Waals surface area contributed by atoms with Crippen molar-refractivity contribution in [3.63, 3.8) is 0 Å². The topological polar surface area (TPSA) is 108 Å². The van der Waals surface area contributed by atoms with E-state index in [4.69, 9.17) is 14.2 Å². The molecule has 0 saturated carbocycles. The Hall–Kier alpha value is -1.48. The van der Waals surface area contributed by atoms with Crippen molar-refractivity contribution in [1.29, 1.82) is 0 Å². The number of carbonyl (C=O) groups is 2. The summed E-state index contributed by atoms with van der Waals surface area (Å²) in [5.41, 5.74) is -2.28. The van der Waals surface area contributed by atoms with Gasteiger partial charge in [0.15, 0.2) is 23.3 Å². The number of quaternary nitrogens is 1. The van der Waals surface area contributed by atoms with Crippen LogP contribution in [0.3, 0.4) is 0 Å². The molecule has 8 heteroatoms. The van der Waals surface area contributed by atoms with E-state index in [1.807, 2.05) is 0 Å². The van der Waals surface area contributed by atoms with Gasteiger partial charge in [-0.3, -0.25) is 0 Å². The number of aliphatic hydroxyl groups is 1. The molecule has 0 radical (unpaired) electrons. The van der Waals surface area contributed by atoms with E-state index in [9.17, 15) is 19.9 Å². The SMILES string of the molecule is CC1CC2(OC2C)C(=O)OC2CC[N+]3([O-])CC=C(COC(=O)C1(C)O)C23. The smallest absolute Gasteiger partial charge is 0.341 e. The fourth-order valence-electron chi connectivity index (χ4n) is 4.53. The molecule has 0 bridgehead atoms. The molecule has 0 aromatic heterocycles. The largest absolute Gasteiger partial charge is 0.632 e. The van der Waals surface area contributed by atoms with E-state index in [-0.39, 0.29) is 25.7 Å². The highest BCUT2D eigenvalue weighted by Gasteiger charge is 2.64. The van der Waals surface area contributed by atoms with Crippen molar-refractivity contribution in [2.45, 2.75) is 63.1 Å². The molecule has 4 rings (SSSR count). The van der Waals surface area contributed by atoms with E-state index < -0.39 is 45.9 Å². The Balaban J connectivity index is 1.68. The molecule has 0 aromatic rings. The van der Waals surface area contributed by atoms with Crippen LogP contribution < -0.4 is 0 Å². The first kappa shape index (κ1) is 17.9. The van der Waals surface area contributed by atoms with Gasteiger partial charge in [0.1, 0.15) is 6.61 Å². The lowest BCUT2D eigenvalue weighted by molar-refractivity contribution is -0.877. The van der Waals surface area contributed by atoms with Crippen molar-refractivity contribution in [2.75, 3.05) is 19.7 Å². The molecule has 3 fully saturated rings. The third-order valence-corrected chi connectivity index (χ3v) is 6.64. The Morgan fingerprint density at radius 2 is 2.00 bits per heavy atom. The van der Waals surface area contributed by atoms with Crippen LogP contribution in [-0.2, 0) is 23.8 Å². The van der Waals surface area contributed by atoms with Crippen LogP contribution in [0.1, 0.15) is 33.6 Å². The summed E-state index contributed by atoms with van der Waals surface area (Å²) >= 11 is 0. The molecule has 3 saturated heterocycles. The van der Waals surface area contributed by atoms with E-state index >= 15 is 0 Å². The van der Waals surface area contributed by atoms with Gasteiger partial charge < -0.3 is 29.2 Å². The average Bonchev–Trinajstić information content (AvgIpc) is 2.94. The Bertz CT molecular complexity index is 689. The van der Waals surface area contributed by atoms with Crippen molar-refractivity contribution in [3.05, 3.63) is 16.9 Å². The normalized spacial score (nSPS) is 51.0. The van der Waals surface area contributed by atoms with E-state index in [1.165, 1.54) is 6.92 Å². The van der Waals surface area contributed by atoms with Crippen molar-refractivity contribution in [2.24, 2.45) is 5.92 Å². The molecule has 144 valence electrons. The summed E-state index contributed by atoms with van der Waals surface area (Å²) in [7, 11) is 0. The predicted molar refractivity (Wildman–Crippen MR) is 88.4 cm³/mol. The van der Waals surface area contributed by atoms with Crippen molar-refractivity contribution >= 4 is 11.9 Å². The number of rotatable bonds is 0. The van der Waals surface area contributed by atoms with Crippen LogP contribution in [0, 0.1) is 11.1 Å². The summed E-state index contributed by atoms with van der Waals surface area (Å²) in [6.45, 7) is 5.39. The summed E-state index contributed by atoms with van der Waals surface area (Å²) in [6, 6.07) is -0.556. The molecular weight excluding hydrogens is 342 g/mol. The molecule has 4 heterocycles. The number of carbonyl (C=O) groups excluding carboxylic acids is 2. The second-order valence-electron chi connectivity index (χ2n) is 8.29. The second-order valence-corrected chi connectivity index (χ2v) is 8.29. The zero-order valence-corrected chi connectivity index (χ0v) is 15.3. The summed E-state index contributed by atoms with van der Waals surface area (Å²) in [4.78, 5) is 25.3. The number of hydrogen-bond donors (Lipinski definition) is 1. The van der Waals surface area contributed by atoms with Crippen LogP contribution in [0.25, 0.3) is 0 Å². The van der Waals surface area contributed by atoms with E-state index in [0.717, 1.165) is 0 Å². The minimum atomic E-state index is -1.77. The van der Waals surface area contributed by atoms with Gasteiger partial charge in [-0.15, -0.1) is 0 Å². The number of ether oxygens (including phenoxy) is 3. The molecule has 0 aromatic carbocycles. The minimum absolute atomic E-state index is 0.0687. The lowest BCUT2D eigenvalue weighted by Crippen LogP contribution is -2.51. The molecule has 1 spiro atoms. The molecule has 8 nitrogen and oxygen atoms in total. The Labute approximate surface area is 151 Å². The van der Waals surface area contributed by atoms with Crippen LogP contribution in [0.15, 0.2) is 11.6 Å². The third kappa shape index (κ3) is 2.43. The molecule has 4 aliphatic heterocycles. The van der Waals surface area contributed by atoms with Crippen LogP contribution >= 0.6 is 0 Å². The molecule has 0 aliphatic carbocycles. The van der Waals surface area contributed by atoms with Gasteiger partial charge in [-0.05, 0) is 32.3 Å². The van der Waals surface area contributed by atoms with Gasteiger partial charge in [-0.1, -0.05) is 6.92 Å². The minimum Gasteiger partial charge on any atom is -0.632 e. The van der Waals surface area contributed by atoms with Gasteiger partial charge in [0.05, 0.1) is 19.2 Å². The maximum Gasteiger partial charge on any atom is 0.341 e. The standard InChI is InChI=1S/C18H25NO7/c1-10-8-18(11(2)26-18)16(21)25-13-5-7-19(23)6-4-12(14(13)19)9-24-15(20)17(10,3)22/h4,10-11,13-14,22H,5-9H2,1-3H3. The van der Waals surface area contributed by atoms with Gasteiger partial charge in [0.2, 0.25) is 0 Å². The quantitative estimate of drug-likeness (QED) is 0.217. The van der Waals surface area contributed by atoms with Crippen molar-refractivity contribution < 1.29 is 33.6 Å². The molecule has 7 atom stereocenters. The molecule has 26 heavy (non-hydrogen) atoms. The van der Waals surface area contributed by atoms with Crippen molar-refractivity contribution in [1.82, 2.24) is 0 Å². The number of epoxide rings is 1. The van der Waals surface area contributed by atoms with E-state index in [2.05, 4.69) is 0 Å². The predicted octanol–water partition coefficient (Wildman–Crippen LogP) is 0.417. The van der Waals surface area contributed by atoms with Gasteiger partial charge in [0, 0.05) is 12.0 Å². The number of esters is 2. The Morgan fingerprint density at radius 3 is 2.65 bits per heavy atom. The summed E-state index contributed by atoms with van der Waals surface area (Å²) in [5, 5.41) is 23.6. The first-order valence-corrected chi connectivity index (χ1v) is 9.15. The third-order valence-electron chi connectivity index (χ3n) is 6.64. The van der Waals surface area contributed by atoms with Crippen LogP contribution in [0.5, 0.6) is 0 Å². The van der Waals surface area contributed by atoms with Crippen LogP contribution in [0.4, 0.5) is 0 Å². The molecular formula is C18H25NO7. The first-order valence-electron chi connectivity index (χ1n) is 9.15. The van der Waals surface area contributed by atoms with Gasteiger partial charge in [-0.2, -0.15) is 0 Å². The lowest BCUT2D eigenvalue weighted by Gasteiger charge is -2.41. The molecule has 4 aliphatic rings. The number of hydroxylamine groups is 3. The maximum atomic E-state index is 13.0. The molecule has 0 amide bonds. The summed E-state index contributed by atoms with van der Waals surface area (Å²) < 4.78 is 16.2. The Morgan fingerprint density at radius 1 is 1.31 bits per heavy atom. The average molecular weight is 367 g/mol. The number of hydrogen-bond acceptors (Lipinski definition) is 7. The monoisotopic (exact) mass is 367 g/mol. The number of nitrogens with zero attached hydrogens (tertiary/aromatic N) is 1. The van der Waals surface area contributed by atoms with E-state index in [1.54, 1.807) is 19.9 Å². The second kappa shape index (κ2) is 5.51. The summed E-state index contributed by atoms with van der Waals surface area (Å²) in [6.07, 6.45) is 1.48. The molecule has 1 N–H and O–H groups in total. The zero-order valence-electron chi connectivity index (χ0n) is 15.3. The van der Waals surface area contributed by atoms with E-state index in [0.29, 0.717) is 18.5 Å². The van der Waals surface area contributed by atoms with Crippen LogP contribution in [0.2, 0.25) is 0 Å². The molecule has 7 unspecified atom stereocenters. The fourth-order valence-corrected chi connectivity index (χ4v) is 4.53. The zero-order chi connectivity index (χ0) is 18.9. The lowest BCUT2D eigenvalue weighted by atomic mass is 9.82. The first-order chi connectivity index (χ1) is 12.1. The highest BCUT2D eigenvalue weighted by molar-refractivity contribution is 5.84. The Kier molecular flexibility index (Phi) is 3.80. The summed E-state index contributed by atoms with van der Waals surface area (Å²) in [5.74, 6) is -1.83.